The molecule has 18 heavy (non-hydrogen) atoms. The summed E-state index contributed by atoms with van der Waals surface area (Å²) in [5.41, 5.74) is 0.232. The first-order chi connectivity index (χ1) is 8.54. The van der Waals surface area contributed by atoms with E-state index in [1.165, 1.54) is 0 Å². The van der Waals surface area contributed by atoms with Crippen LogP contribution >= 0.6 is 0 Å². The van der Waals surface area contributed by atoms with Crippen LogP contribution in [0.15, 0.2) is 12.1 Å². The summed E-state index contributed by atoms with van der Waals surface area (Å²) < 4.78 is 40.0. The fourth-order valence-electron chi connectivity index (χ4n) is 2.47. The van der Waals surface area contributed by atoms with E-state index in [2.05, 4.69) is 5.32 Å². The summed E-state index contributed by atoms with van der Waals surface area (Å²) in [5.74, 6) is -2.01. The number of rotatable bonds is 5. The molecule has 0 aromatic heterocycles. The number of halogens is 3. The van der Waals surface area contributed by atoms with Gasteiger partial charge in [-0.05, 0) is 37.3 Å². The monoisotopic (exact) mass is 257 g/mol. The number of hydrogen-bond donors (Lipinski definition) is 1. The molecule has 1 nitrogen and oxygen atoms in total. The van der Waals surface area contributed by atoms with Gasteiger partial charge in [-0.1, -0.05) is 13.8 Å². The SMILES string of the molecule is CCNC(c1cc(F)c(F)cc1F)C(C)C1CC1. The maximum absolute atomic E-state index is 13.8. The van der Waals surface area contributed by atoms with Crippen LogP contribution in [0, 0.1) is 29.3 Å². The Morgan fingerprint density at radius 2 is 1.78 bits per heavy atom. The van der Waals surface area contributed by atoms with Crippen LogP contribution in [-0.4, -0.2) is 6.54 Å². The highest BCUT2D eigenvalue weighted by Crippen LogP contribution is 2.43. The van der Waals surface area contributed by atoms with E-state index in [1.54, 1.807) is 0 Å². The Hall–Kier alpha value is -1.03. The first-order valence-electron chi connectivity index (χ1n) is 6.42. The second-order valence-electron chi connectivity index (χ2n) is 5.02. The largest absolute Gasteiger partial charge is 0.310 e. The number of hydrogen-bond acceptors (Lipinski definition) is 1. The summed E-state index contributed by atoms with van der Waals surface area (Å²) >= 11 is 0. The lowest BCUT2D eigenvalue weighted by molar-refractivity contribution is 0.342. The predicted molar refractivity (Wildman–Crippen MR) is 64.6 cm³/mol. The van der Waals surface area contributed by atoms with Crippen molar-refractivity contribution in [3.63, 3.8) is 0 Å². The molecule has 2 unspecified atom stereocenters. The summed E-state index contributed by atoms with van der Waals surface area (Å²) in [7, 11) is 0. The highest BCUT2D eigenvalue weighted by molar-refractivity contribution is 5.24. The minimum Gasteiger partial charge on any atom is -0.310 e. The average molecular weight is 257 g/mol. The van der Waals surface area contributed by atoms with Crippen molar-refractivity contribution in [1.82, 2.24) is 5.32 Å². The molecule has 1 N–H and O–H groups in total. The third-order valence-electron chi connectivity index (χ3n) is 3.69. The molecule has 1 aromatic carbocycles. The van der Waals surface area contributed by atoms with E-state index in [9.17, 15) is 13.2 Å². The average Bonchev–Trinajstić information content (AvgIpc) is 3.14. The van der Waals surface area contributed by atoms with Crippen molar-refractivity contribution in [2.45, 2.75) is 32.7 Å². The van der Waals surface area contributed by atoms with Gasteiger partial charge in [0, 0.05) is 17.7 Å². The van der Waals surface area contributed by atoms with Crippen molar-refractivity contribution in [2.75, 3.05) is 6.54 Å². The van der Waals surface area contributed by atoms with Crippen LogP contribution in [0.1, 0.15) is 38.3 Å². The molecule has 100 valence electrons. The van der Waals surface area contributed by atoms with Crippen molar-refractivity contribution in [3.8, 4) is 0 Å². The molecule has 1 aliphatic carbocycles. The lowest BCUT2D eigenvalue weighted by atomic mass is 9.90. The maximum atomic E-state index is 13.8. The molecule has 2 atom stereocenters. The van der Waals surface area contributed by atoms with Gasteiger partial charge in [0.25, 0.3) is 0 Å². The molecule has 0 saturated heterocycles. The molecule has 4 heteroatoms. The summed E-state index contributed by atoms with van der Waals surface area (Å²) in [5, 5.41) is 3.18. The maximum Gasteiger partial charge on any atom is 0.161 e. The van der Waals surface area contributed by atoms with Crippen LogP contribution in [0.3, 0.4) is 0 Å². The van der Waals surface area contributed by atoms with Crippen molar-refractivity contribution >= 4 is 0 Å². The molecule has 2 rings (SSSR count). The summed E-state index contributed by atoms with van der Waals surface area (Å²) in [6, 6.07) is 1.36. The van der Waals surface area contributed by atoms with Crippen LogP contribution < -0.4 is 5.32 Å². The van der Waals surface area contributed by atoms with Gasteiger partial charge in [0.15, 0.2) is 11.6 Å². The molecule has 0 bridgehead atoms. The molecule has 0 heterocycles. The molecule has 1 aromatic rings. The van der Waals surface area contributed by atoms with Crippen LogP contribution in [0.4, 0.5) is 13.2 Å². The minimum absolute atomic E-state index is 0.226. The number of nitrogens with one attached hydrogen (secondary N) is 1. The Labute approximate surface area is 105 Å². The van der Waals surface area contributed by atoms with Gasteiger partial charge >= 0.3 is 0 Å². The Morgan fingerprint density at radius 3 is 2.33 bits per heavy atom. The Kier molecular flexibility index (Phi) is 3.95. The van der Waals surface area contributed by atoms with Gasteiger partial charge in [-0.2, -0.15) is 0 Å². The standard InChI is InChI=1S/C14H18F3N/c1-3-18-14(8(2)9-4-5-9)10-6-12(16)13(17)7-11(10)15/h6-9,14,18H,3-5H2,1-2H3. The van der Waals surface area contributed by atoms with E-state index in [0.29, 0.717) is 18.5 Å². The van der Waals surface area contributed by atoms with E-state index >= 15 is 0 Å². The Bertz CT molecular complexity index is 429. The normalized spacial score (nSPS) is 18.7. The van der Waals surface area contributed by atoms with Crippen molar-refractivity contribution in [1.29, 1.82) is 0 Å². The Balaban J connectivity index is 2.32. The Morgan fingerprint density at radius 1 is 1.17 bits per heavy atom. The lowest BCUT2D eigenvalue weighted by Gasteiger charge is -2.25. The zero-order chi connectivity index (χ0) is 13.3. The van der Waals surface area contributed by atoms with Gasteiger partial charge < -0.3 is 5.32 Å². The zero-order valence-electron chi connectivity index (χ0n) is 10.6. The highest BCUT2D eigenvalue weighted by Gasteiger charge is 2.35. The third kappa shape index (κ3) is 2.69. The summed E-state index contributed by atoms with van der Waals surface area (Å²) in [6.45, 7) is 4.62. The van der Waals surface area contributed by atoms with E-state index < -0.39 is 17.5 Å². The first kappa shape index (κ1) is 13.4. The summed E-state index contributed by atoms with van der Waals surface area (Å²) in [6.07, 6.45) is 2.27. The lowest BCUT2D eigenvalue weighted by Crippen LogP contribution is -2.29. The van der Waals surface area contributed by atoms with Crippen LogP contribution in [0.2, 0.25) is 0 Å². The second kappa shape index (κ2) is 5.31. The highest BCUT2D eigenvalue weighted by atomic mass is 19.2. The molecule has 1 saturated carbocycles. The third-order valence-corrected chi connectivity index (χ3v) is 3.69. The molecule has 0 radical (unpaired) electrons. The second-order valence-corrected chi connectivity index (χ2v) is 5.02. The fraction of sp³-hybridized carbons (Fsp3) is 0.571. The van der Waals surface area contributed by atoms with Crippen molar-refractivity contribution < 1.29 is 13.2 Å². The molecule has 1 fully saturated rings. The van der Waals surface area contributed by atoms with Crippen molar-refractivity contribution in [2.24, 2.45) is 11.8 Å². The van der Waals surface area contributed by atoms with E-state index in [1.807, 2.05) is 13.8 Å². The summed E-state index contributed by atoms with van der Waals surface area (Å²) in [4.78, 5) is 0. The van der Waals surface area contributed by atoms with Crippen LogP contribution in [0.5, 0.6) is 0 Å². The topological polar surface area (TPSA) is 12.0 Å². The molecular formula is C14H18F3N. The zero-order valence-corrected chi connectivity index (χ0v) is 10.6. The fourth-order valence-corrected chi connectivity index (χ4v) is 2.47. The minimum atomic E-state index is -1.13. The van der Waals surface area contributed by atoms with E-state index in [-0.39, 0.29) is 17.5 Å². The van der Waals surface area contributed by atoms with Crippen LogP contribution in [-0.2, 0) is 0 Å². The van der Waals surface area contributed by atoms with Crippen molar-refractivity contribution in [3.05, 3.63) is 35.1 Å². The van der Waals surface area contributed by atoms with Gasteiger partial charge in [0.1, 0.15) is 5.82 Å². The number of benzene rings is 1. The molecule has 0 spiro atoms. The molecule has 1 aliphatic rings. The molecule has 0 amide bonds. The first-order valence-corrected chi connectivity index (χ1v) is 6.42. The van der Waals surface area contributed by atoms with Gasteiger partial charge in [0.2, 0.25) is 0 Å². The molecular weight excluding hydrogens is 239 g/mol. The predicted octanol–water partition coefficient (Wildman–Crippen LogP) is 3.80. The molecule has 0 aliphatic heterocycles. The van der Waals surface area contributed by atoms with Gasteiger partial charge in [-0.3, -0.25) is 0 Å². The quantitative estimate of drug-likeness (QED) is 0.791. The van der Waals surface area contributed by atoms with E-state index in [4.69, 9.17) is 0 Å². The smallest absolute Gasteiger partial charge is 0.161 e. The van der Waals surface area contributed by atoms with E-state index in [0.717, 1.165) is 18.9 Å². The van der Waals surface area contributed by atoms with Gasteiger partial charge in [0.05, 0.1) is 0 Å². The van der Waals surface area contributed by atoms with Crippen LogP contribution in [0.25, 0.3) is 0 Å². The van der Waals surface area contributed by atoms with Gasteiger partial charge in [-0.25, -0.2) is 13.2 Å². The van der Waals surface area contributed by atoms with Gasteiger partial charge in [-0.15, -0.1) is 0 Å².